The second-order valence-electron chi connectivity index (χ2n) is 8.14. The molecule has 10 heteroatoms. The van der Waals surface area contributed by atoms with E-state index in [4.69, 9.17) is 4.74 Å². The third-order valence-corrected chi connectivity index (χ3v) is 5.94. The first kappa shape index (κ1) is 19.7. The predicted octanol–water partition coefficient (Wildman–Crippen LogP) is 0.663. The van der Waals surface area contributed by atoms with Gasteiger partial charge in [-0.1, -0.05) is 0 Å². The zero-order chi connectivity index (χ0) is 21.4. The van der Waals surface area contributed by atoms with Gasteiger partial charge in [-0.15, -0.1) is 0 Å². The summed E-state index contributed by atoms with van der Waals surface area (Å²) in [6.45, 7) is 4.09. The SMILES string of the molecule is CNC(=O)c1ncc(N2CCN(Cc3cc4c(cn3)OC(C3CC3)C(=O)N4)CC2)cn1. The minimum Gasteiger partial charge on any atom is -0.476 e. The number of ether oxygens (including phenoxy) is 1. The van der Waals surface area contributed by atoms with Crippen molar-refractivity contribution in [2.45, 2.75) is 25.5 Å². The summed E-state index contributed by atoms with van der Waals surface area (Å²) in [4.78, 5) is 41.2. The Labute approximate surface area is 180 Å². The van der Waals surface area contributed by atoms with Crippen LogP contribution in [-0.2, 0) is 11.3 Å². The van der Waals surface area contributed by atoms with Gasteiger partial charge in [0.1, 0.15) is 0 Å². The molecule has 2 amide bonds. The molecule has 10 nitrogen and oxygen atoms in total. The van der Waals surface area contributed by atoms with Gasteiger partial charge in [0.2, 0.25) is 5.82 Å². The predicted molar refractivity (Wildman–Crippen MR) is 113 cm³/mol. The molecule has 5 rings (SSSR count). The van der Waals surface area contributed by atoms with E-state index >= 15 is 0 Å². The van der Waals surface area contributed by atoms with Crippen molar-refractivity contribution in [1.29, 1.82) is 0 Å². The fourth-order valence-electron chi connectivity index (χ4n) is 3.97. The van der Waals surface area contributed by atoms with Crippen molar-refractivity contribution in [2.75, 3.05) is 43.4 Å². The third kappa shape index (κ3) is 4.15. The molecule has 2 N–H and O–H groups in total. The van der Waals surface area contributed by atoms with Crippen molar-refractivity contribution in [2.24, 2.45) is 5.92 Å². The third-order valence-electron chi connectivity index (χ3n) is 5.94. The zero-order valence-corrected chi connectivity index (χ0v) is 17.4. The Balaban J connectivity index is 1.17. The highest BCUT2D eigenvalue weighted by Gasteiger charge is 2.41. The van der Waals surface area contributed by atoms with Crippen molar-refractivity contribution in [3.05, 3.63) is 36.2 Å². The quantitative estimate of drug-likeness (QED) is 0.721. The Morgan fingerprint density at radius 1 is 1.16 bits per heavy atom. The van der Waals surface area contributed by atoms with E-state index in [1.165, 1.54) is 0 Å². The second kappa shape index (κ2) is 8.10. The lowest BCUT2D eigenvalue weighted by Gasteiger charge is -2.35. The summed E-state index contributed by atoms with van der Waals surface area (Å²) < 4.78 is 5.87. The summed E-state index contributed by atoms with van der Waals surface area (Å²) in [6.07, 6.45) is 6.83. The normalized spacial score (nSPS) is 21.1. The molecule has 1 aliphatic carbocycles. The molecule has 1 saturated carbocycles. The van der Waals surface area contributed by atoms with Crippen LogP contribution in [0.3, 0.4) is 0 Å². The zero-order valence-electron chi connectivity index (χ0n) is 17.4. The molecule has 2 aliphatic heterocycles. The number of carbonyl (C=O) groups excluding carboxylic acids is 2. The number of amides is 2. The van der Waals surface area contributed by atoms with Gasteiger partial charge in [0.25, 0.3) is 11.8 Å². The number of carbonyl (C=O) groups is 2. The van der Waals surface area contributed by atoms with Crippen LogP contribution in [0.2, 0.25) is 0 Å². The van der Waals surface area contributed by atoms with Crippen LogP contribution in [0, 0.1) is 5.92 Å². The lowest BCUT2D eigenvalue weighted by atomic mass is 10.1. The maximum Gasteiger partial charge on any atom is 0.288 e. The van der Waals surface area contributed by atoms with Gasteiger partial charge in [0, 0.05) is 45.7 Å². The van der Waals surface area contributed by atoms with Crippen LogP contribution in [0.5, 0.6) is 5.75 Å². The van der Waals surface area contributed by atoms with E-state index in [0.717, 1.165) is 50.4 Å². The summed E-state index contributed by atoms with van der Waals surface area (Å²) >= 11 is 0. The first-order valence-electron chi connectivity index (χ1n) is 10.6. The molecule has 1 atom stereocenters. The van der Waals surface area contributed by atoms with Crippen LogP contribution < -0.4 is 20.3 Å². The van der Waals surface area contributed by atoms with Crippen LogP contribution in [0.25, 0.3) is 0 Å². The molecule has 0 spiro atoms. The van der Waals surface area contributed by atoms with E-state index in [-0.39, 0.29) is 23.7 Å². The molecule has 2 aromatic heterocycles. The molecule has 2 aromatic rings. The molecule has 3 aliphatic rings. The van der Waals surface area contributed by atoms with Crippen molar-refractivity contribution in [1.82, 2.24) is 25.2 Å². The molecule has 0 aromatic carbocycles. The van der Waals surface area contributed by atoms with E-state index in [1.54, 1.807) is 25.6 Å². The lowest BCUT2D eigenvalue weighted by Crippen LogP contribution is -2.46. The monoisotopic (exact) mass is 423 g/mol. The smallest absolute Gasteiger partial charge is 0.288 e. The number of hydrogen-bond donors (Lipinski definition) is 2. The molecule has 31 heavy (non-hydrogen) atoms. The highest BCUT2D eigenvalue weighted by molar-refractivity contribution is 5.98. The number of aromatic nitrogens is 3. The van der Waals surface area contributed by atoms with Crippen molar-refractivity contribution in [3.63, 3.8) is 0 Å². The first-order chi connectivity index (χ1) is 15.1. The van der Waals surface area contributed by atoms with Crippen molar-refractivity contribution in [3.8, 4) is 5.75 Å². The van der Waals surface area contributed by atoms with Gasteiger partial charge < -0.3 is 20.3 Å². The standard InChI is InChI=1S/C21H25N7O3/c1-22-21(30)19-24-9-15(10-25-19)28-6-4-27(5-7-28)12-14-8-16-17(11-23-14)31-18(13-2-3-13)20(29)26-16/h8-11,13,18H,2-7,12H2,1H3,(H,22,30)(H,26,29). The number of rotatable bonds is 5. The fourth-order valence-corrected chi connectivity index (χ4v) is 3.97. The molecule has 0 bridgehead atoms. The maximum absolute atomic E-state index is 12.3. The first-order valence-corrected chi connectivity index (χ1v) is 10.6. The highest BCUT2D eigenvalue weighted by Crippen LogP contribution is 2.39. The molecule has 2 fully saturated rings. The van der Waals surface area contributed by atoms with Gasteiger partial charge in [-0.05, 0) is 18.9 Å². The minimum absolute atomic E-state index is 0.0505. The summed E-state index contributed by atoms with van der Waals surface area (Å²) in [5, 5.41) is 5.50. The Morgan fingerprint density at radius 2 is 1.90 bits per heavy atom. The fraction of sp³-hybridized carbons (Fsp3) is 0.476. The second-order valence-corrected chi connectivity index (χ2v) is 8.14. The molecule has 1 unspecified atom stereocenters. The molecule has 1 saturated heterocycles. The van der Waals surface area contributed by atoms with Gasteiger partial charge in [-0.25, -0.2) is 9.97 Å². The Morgan fingerprint density at radius 3 is 2.58 bits per heavy atom. The van der Waals surface area contributed by atoms with Gasteiger partial charge in [-0.2, -0.15) is 0 Å². The molecule has 4 heterocycles. The number of anilines is 2. The number of nitrogens with one attached hydrogen (secondary N) is 2. The molecular weight excluding hydrogens is 398 g/mol. The van der Waals surface area contributed by atoms with E-state index in [1.807, 2.05) is 6.07 Å². The summed E-state index contributed by atoms with van der Waals surface area (Å²) in [5.41, 5.74) is 2.52. The van der Waals surface area contributed by atoms with Crippen LogP contribution >= 0.6 is 0 Å². The largest absolute Gasteiger partial charge is 0.476 e. The number of pyridine rings is 1. The van der Waals surface area contributed by atoms with Gasteiger partial charge >= 0.3 is 0 Å². The topological polar surface area (TPSA) is 113 Å². The number of hydrogen-bond acceptors (Lipinski definition) is 8. The molecule has 162 valence electrons. The summed E-state index contributed by atoms with van der Waals surface area (Å²) in [6, 6.07) is 1.91. The van der Waals surface area contributed by atoms with Gasteiger partial charge in [-0.3, -0.25) is 19.5 Å². The van der Waals surface area contributed by atoms with Crippen molar-refractivity contribution >= 4 is 23.2 Å². The van der Waals surface area contributed by atoms with Crippen LogP contribution in [-0.4, -0.2) is 71.0 Å². The Bertz CT molecular complexity index is 985. The lowest BCUT2D eigenvalue weighted by molar-refractivity contribution is -0.124. The number of fused-ring (bicyclic) bond motifs is 1. The Hall–Kier alpha value is -3.27. The number of piperazine rings is 1. The van der Waals surface area contributed by atoms with Crippen LogP contribution in [0.1, 0.15) is 29.2 Å². The maximum atomic E-state index is 12.3. The van der Waals surface area contributed by atoms with Crippen LogP contribution in [0.15, 0.2) is 24.7 Å². The summed E-state index contributed by atoms with van der Waals surface area (Å²) in [7, 11) is 1.56. The molecule has 0 radical (unpaired) electrons. The molecular formula is C21H25N7O3. The average molecular weight is 423 g/mol. The van der Waals surface area contributed by atoms with E-state index in [0.29, 0.717) is 23.9 Å². The van der Waals surface area contributed by atoms with E-state index < -0.39 is 0 Å². The summed E-state index contributed by atoms with van der Waals surface area (Å²) in [5.74, 6) is 0.826. The average Bonchev–Trinajstić information content (AvgIpc) is 3.64. The van der Waals surface area contributed by atoms with Gasteiger partial charge in [0.05, 0.1) is 35.7 Å². The Kier molecular flexibility index (Phi) is 5.14. The van der Waals surface area contributed by atoms with E-state index in [9.17, 15) is 9.59 Å². The van der Waals surface area contributed by atoms with Crippen LogP contribution in [0.4, 0.5) is 11.4 Å². The minimum atomic E-state index is -0.373. The van der Waals surface area contributed by atoms with Crippen molar-refractivity contribution < 1.29 is 14.3 Å². The highest BCUT2D eigenvalue weighted by atomic mass is 16.5. The van der Waals surface area contributed by atoms with Gasteiger partial charge in [0.15, 0.2) is 11.9 Å². The van der Waals surface area contributed by atoms with E-state index in [2.05, 4.69) is 35.4 Å². The number of nitrogens with zero attached hydrogens (tertiary/aromatic N) is 5.